The molecular weight excluding hydrogens is 152 g/mol. The Kier molecular flexibility index (Phi) is 4.69. The Labute approximate surface area is 71.5 Å². The van der Waals surface area contributed by atoms with Crippen molar-refractivity contribution in [2.45, 2.75) is 38.2 Å². The molecule has 66 valence electrons. The number of hydrogen-bond donors (Lipinski definition) is 0. The van der Waals surface area contributed by atoms with Gasteiger partial charge in [0.15, 0.2) is 0 Å². The number of ether oxygens (including phenoxy) is 1. The van der Waals surface area contributed by atoms with Gasteiger partial charge in [-0.15, -0.1) is 6.58 Å². The summed E-state index contributed by atoms with van der Waals surface area (Å²) in [6, 6.07) is 1.23. The molecule has 0 amide bonds. The Morgan fingerprint density at radius 3 is 2.27 bits per heavy atom. The van der Waals surface area contributed by atoms with Crippen molar-refractivity contribution < 1.29 is 4.74 Å². The van der Waals surface area contributed by atoms with Crippen LogP contribution in [0.3, 0.4) is 0 Å². The zero-order chi connectivity index (χ0) is 8.91. The Morgan fingerprint density at radius 2 is 2.00 bits per heavy atom. The lowest BCUT2D eigenvalue weighted by Crippen LogP contribution is -2.27. The fourth-order valence-electron chi connectivity index (χ4n) is 1.13. The van der Waals surface area contributed by atoms with Gasteiger partial charge in [0.25, 0.3) is 0 Å². The second-order valence-corrected chi connectivity index (χ2v) is 9.68. The molecule has 0 saturated carbocycles. The van der Waals surface area contributed by atoms with Crippen LogP contribution in [0.4, 0.5) is 0 Å². The summed E-state index contributed by atoms with van der Waals surface area (Å²) in [5.41, 5.74) is 0. The molecule has 1 nitrogen and oxygen atoms in total. The Bertz CT molecular complexity index is 115. The van der Waals surface area contributed by atoms with E-state index >= 15 is 0 Å². The zero-order valence-corrected chi connectivity index (χ0v) is 9.18. The lowest BCUT2D eigenvalue weighted by atomic mass is 10.3. The van der Waals surface area contributed by atoms with Gasteiger partial charge in [-0.3, -0.25) is 0 Å². The number of methoxy groups -OCH3 is 1. The highest BCUT2D eigenvalue weighted by Gasteiger charge is 2.18. The molecule has 0 heterocycles. The van der Waals surface area contributed by atoms with Gasteiger partial charge in [0.2, 0.25) is 0 Å². The van der Waals surface area contributed by atoms with Crippen molar-refractivity contribution in [3.8, 4) is 0 Å². The fourth-order valence-corrected chi connectivity index (χ4v) is 2.83. The third-order valence-electron chi connectivity index (χ3n) is 1.60. The van der Waals surface area contributed by atoms with Crippen LogP contribution in [0, 0.1) is 0 Å². The standard InChI is InChI=1S/C9H20OSi/c1-6-7-9(10-2)8-11(3,4)5/h6,9H,1,7-8H2,2-5H3. The van der Waals surface area contributed by atoms with Crippen LogP contribution in [0.2, 0.25) is 25.7 Å². The topological polar surface area (TPSA) is 9.23 Å². The lowest BCUT2D eigenvalue weighted by Gasteiger charge is -2.22. The maximum absolute atomic E-state index is 5.33. The van der Waals surface area contributed by atoms with Crippen molar-refractivity contribution in [3.63, 3.8) is 0 Å². The molecule has 0 spiro atoms. The average Bonchev–Trinajstić information content (AvgIpc) is 1.84. The van der Waals surface area contributed by atoms with E-state index in [0.717, 1.165) is 6.42 Å². The first kappa shape index (κ1) is 10.9. The van der Waals surface area contributed by atoms with E-state index in [-0.39, 0.29) is 0 Å². The highest BCUT2D eigenvalue weighted by Crippen LogP contribution is 2.15. The Hall–Kier alpha value is -0.0831. The molecular formula is C9H20OSi. The van der Waals surface area contributed by atoms with Crippen LogP contribution >= 0.6 is 0 Å². The second-order valence-electron chi connectivity index (χ2n) is 4.15. The zero-order valence-electron chi connectivity index (χ0n) is 8.18. The monoisotopic (exact) mass is 172 g/mol. The normalized spacial score (nSPS) is 14.5. The molecule has 0 aromatic rings. The summed E-state index contributed by atoms with van der Waals surface area (Å²) in [5.74, 6) is 0. The molecule has 0 saturated heterocycles. The van der Waals surface area contributed by atoms with Gasteiger partial charge in [-0.05, 0) is 12.5 Å². The summed E-state index contributed by atoms with van der Waals surface area (Å²) in [6.07, 6.45) is 3.33. The third-order valence-corrected chi connectivity index (χ3v) is 3.28. The smallest absolute Gasteiger partial charge is 0.0582 e. The Balaban J connectivity index is 3.77. The highest BCUT2D eigenvalue weighted by molar-refractivity contribution is 6.76. The van der Waals surface area contributed by atoms with Gasteiger partial charge in [0.05, 0.1) is 6.10 Å². The van der Waals surface area contributed by atoms with Crippen molar-refractivity contribution in [3.05, 3.63) is 12.7 Å². The molecule has 0 bridgehead atoms. The van der Waals surface area contributed by atoms with Gasteiger partial charge in [0, 0.05) is 15.2 Å². The van der Waals surface area contributed by atoms with E-state index in [1.807, 2.05) is 6.08 Å². The van der Waals surface area contributed by atoms with E-state index in [1.54, 1.807) is 7.11 Å². The summed E-state index contributed by atoms with van der Waals surface area (Å²) in [4.78, 5) is 0. The highest BCUT2D eigenvalue weighted by atomic mass is 28.3. The molecule has 0 fully saturated rings. The molecule has 0 aliphatic rings. The van der Waals surface area contributed by atoms with E-state index < -0.39 is 8.07 Å². The van der Waals surface area contributed by atoms with Gasteiger partial charge < -0.3 is 4.74 Å². The summed E-state index contributed by atoms with van der Waals surface area (Å²) in [7, 11) is 0.835. The molecule has 0 aromatic heterocycles. The third kappa shape index (κ3) is 6.32. The minimum atomic E-state index is -0.951. The predicted molar refractivity (Wildman–Crippen MR) is 53.8 cm³/mol. The van der Waals surface area contributed by atoms with Gasteiger partial charge in [0.1, 0.15) is 0 Å². The minimum Gasteiger partial charge on any atom is -0.381 e. The van der Waals surface area contributed by atoms with Crippen LogP contribution in [-0.4, -0.2) is 21.3 Å². The Morgan fingerprint density at radius 1 is 1.45 bits per heavy atom. The number of hydrogen-bond acceptors (Lipinski definition) is 1. The fraction of sp³-hybridized carbons (Fsp3) is 0.778. The van der Waals surface area contributed by atoms with Gasteiger partial charge >= 0.3 is 0 Å². The van der Waals surface area contributed by atoms with E-state index in [1.165, 1.54) is 6.04 Å². The first-order chi connectivity index (χ1) is 4.99. The first-order valence-corrected chi connectivity index (χ1v) is 7.84. The quantitative estimate of drug-likeness (QED) is 0.458. The average molecular weight is 172 g/mol. The molecule has 0 radical (unpaired) electrons. The SMILES string of the molecule is C=CCC(C[Si](C)(C)C)OC. The van der Waals surface area contributed by atoms with Crippen molar-refractivity contribution in [2.24, 2.45) is 0 Å². The largest absolute Gasteiger partial charge is 0.381 e. The van der Waals surface area contributed by atoms with Crippen LogP contribution in [0.15, 0.2) is 12.7 Å². The first-order valence-electron chi connectivity index (χ1n) is 4.13. The van der Waals surface area contributed by atoms with Crippen LogP contribution in [0.1, 0.15) is 6.42 Å². The summed E-state index contributed by atoms with van der Waals surface area (Å²) >= 11 is 0. The molecule has 0 aromatic carbocycles. The van der Waals surface area contributed by atoms with E-state index in [0.29, 0.717) is 6.10 Å². The minimum absolute atomic E-state index is 0.402. The van der Waals surface area contributed by atoms with Crippen molar-refractivity contribution >= 4 is 8.07 Å². The van der Waals surface area contributed by atoms with Crippen molar-refractivity contribution in [2.75, 3.05) is 7.11 Å². The van der Waals surface area contributed by atoms with Gasteiger partial charge in [-0.25, -0.2) is 0 Å². The van der Waals surface area contributed by atoms with E-state index in [4.69, 9.17) is 4.74 Å². The van der Waals surface area contributed by atoms with Crippen molar-refractivity contribution in [1.29, 1.82) is 0 Å². The van der Waals surface area contributed by atoms with Crippen molar-refractivity contribution in [1.82, 2.24) is 0 Å². The number of rotatable bonds is 5. The molecule has 0 aliphatic heterocycles. The maximum atomic E-state index is 5.33. The van der Waals surface area contributed by atoms with Crippen LogP contribution < -0.4 is 0 Å². The molecule has 2 heteroatoms. The lowest BCUT2D eigenvalue weighted by molar-refractivity contribution is 0.120. The van der Waals surface area contributed by atoms with E-state index in [9.17, 15) is 0 Å². The van der Waals surface area contributed by atoms with Crippen LogP contribution in [0.25, 0.3) is 0 Å². The molecule has 1 unspecified atom stereocenters. The van der Waals surface area contributed by atoms with E-state index in [2.05, 4.69) is 26.2 Å². The maximum Gasteiger partial charge on any atom is 0.0582 e. The summed E-state index contributed by atoms with van der Waals surface area (Å²) in [6.45, 7) is 10.8. The van der Waals surface area contributed by atoms with Crippen LogP contribution in [0.5, 0.6) is 0 Å². The van der Waals surface area contributed by atoms with Gasteiger partial charge in [-0.2, -0.15) is 0 Å². The molecule has 11 heavy (non-hydrogen) atoms. The second kappa shape index (κ2) is 4.73. The summed E-state index contributed by atoms with van der Waals surface area (Å²) in [5, 5.41) is 0. The van der Waals surface area contributed by atoms with Gasteiger partial charge in [-0.1, -0.05) is 25.7 Å². The summed E-state index contributed by atoms with van der Waals surface area (Å²) < 4.78 is 5.33. The van der Waals surface area contributed by atoms with Crippen LogP contribution in [-0.2, 0) is 4.74 Å². The predicted octanol–water partition coefficient (Wildman–Crippen LogP) is 2.92. The molecule has 0 aliphatic carbocycles. The molecule has 0 N–H and O–H groups in total. The molecule has 0 rings (SSSR count). The molecule has 1 atom stereocenters.